The van der Waals surface area contributed by atoms with Crippen molar-refractivity contribution in [1.82, 2.24) is 5.43 Å². The molecule has 0 saturated heterocycles. The lowest BCUT2D eigenvalue weighted by atomic mass is 10.0. The molecule has 0 atom stereocenters. The Labute approximate surface area is 186 Å². The van der Waals surface area contributed by atoms with Gasteiger partial charge in [-0.15, -0.1) is 0 Å². The number of benzene rings is 4. The quantitative estimate of drug-likeness (QED) is 0.202. The fourth-order valence-electron chi connectivity index (χ4n) is 3.39. The molecule has 4 rings (SSSR count). The van der Waals surface area contributed by atoms with Crippen molar-refractivity contribution in [2.75, 3.05) is 0 Å². The number of carbonyl (C=O) groups is 2. The van der Waals surface area contributed by atoms with Crippen molar-refractivity contribution in [3.8, 4) is 5.75 Å². The van der Waals surface area contributed by atoms with Gasteiger partial charge in [0.2, 0.25) is 0 Å². The minimum atomic E-state index is -0.459. The molecule has 0 radical (unpaired) electrons. The summed E-state index contributed by atoms with van der Waals surface area (Å²) in [6.45, 7) is 3.82. The van der Waals surface area contributed by atoms with Crippen molar-refractivity contribution in [2.24, 2.45) is 5.10 Å². The SMILES string of the molecule is Cc1ccc(C(=O)Oc2ccc3ccccc3c2/C=N/NC(=O)c2ccccc2C)cc1. The standard InChI is InChI=1S/C27H22N2O3/c1-18-11-13-21(14-12-18)27(31)32-25-16-15-20-8-4-6-10-23(20)24(25)17-28-29-26(30)22-9-5-3-7-19(22)2/h3-17H,1-2H3,(H,29,30)/b28-17+. The number of hydrogen-bond donors (Lipinski definition) is 1. The zero-order chi connectivity index (χ0) is 22.5. The van der Waals surface area contributed by atoms with E-state index in [4.69, 9.17) is 4.74 Å². The van der Waals surface area contributed by atoms with Crippen molar-refractivity contribution in [1.29, 1.82) is 0 Å². The first kappa shape index (κ1) is 21.0. The van der Waals surface area contributed by atoms with Crippen LogP contribution in [-0.2, 0) is 0 Å². The molecule has 1 N–H and O–H groups in total. The van der Waals surface area contributed by atoms with Crippen LogP contribution < -0.4 is 10.2 Å². The molecule has 0 heterocycles. The Balaban J connectivity index is 1.63. The van der Waals surface area contributed by atoms with Crippen molar-refractivity contribution in [3.63, 3.8) is 0 Å². The molecule has 5 nitrogen and oxygen atoms in total. The molecule has 158 valence electrons. The van der Waals surface area contributed by atoms with Gasteiger partial charge in [-0.05, 0) is 54.4 Å². The number of aryl methyl sites for hydroxylation is 2. The molecule has 0 spiro atoms. The normalized spacial score (nSPS) is 10.9. The summed E-state index contributed by atoms with van der Waals surface area (Å²) in [5.74, 6) is -0.403. The van der Waals surface area contributed by atoms with Crippen LogP contribution in [0.4, 0.5) is 0 Å². The predicted molar refractivity (Wildman–Crippen MR) is 126 cm³/mol. The van der Waals surface area contributed by atoms with Gasteiger partial charge < -0.3 is 4.74 Å². The molecule has 4 aromatic rings. The van der Waals surface area contributed by atoms with Crippen LogP contribution in [0.1, 0.15) is 37.4 Å². The monoisotopic (exact) mass is 422 g/mol. The molecule has 0 fully saturated rings. The zero-order valence-corrected chi connectivity index (χ0v) is 17.8. The maximum Gasteiger partial charge on any atom is 0.343 e. The van der Waals surface area contributed by atoms with Crippen molar-refractivity contribution in [2.45, 2.75) is 13.8 Å². The Kier molecular flexibility index (Phi) is 6.08. The molecule has 5 heteroatoms. The van der Waals surface area contributed by atoms with E-state index < -0.39 is 5.97 Å². The highest BCUT2D eigenvalue weighted by Crippen LogP contribution is 2.27. The Morgan fingerprint density at radius 2 is 1.56 bits per heavy atom. The van der Waals surface area contributed by atoms with Crippen LogP contribution >= 0.6 is 0 Å². The van der Waals surface area contributed by atoms with E-state index in [-0.39, 0.29) is 5.91 Å². The van der Waals surface area contributed by atoms with Gasteiger partial charge in [-0.3, -0.25) is 4.79 Å². The summed E-state index contributed by atoms with van der Waals surface area (Å²) >= 11 is 0. The maximum atomic E-state index is 12.7. The number of hydrogen-bond acceptors (Lipinski definition) is 4. The molecular formula is C27H22N2O3. The summed E-state index contributed by atoms with van der Waals surface area (Å²) < 4.78 is 5.70. The van der Waals surface area contributed by atoms with Gasteiger partial charge in [0.25, 0.3) is 5.91 Å². The van der Waals surface area contributed by atoms with Crippen LogP contribution in [0.15, 0.2) is 90.0 Å². The third-order valence-corrected chi connectivity index (χ3v) is 5.17. The van der Waals surface area contributed by atoms with E-state index in [0.29, 0.717) is 22.4 Å². The highest BCUT2D eigenvalue weighted by atomic mass is 16.5. The number of fused-ring (bicyclic) bond motifs is 1. The molecular weight excluding hydrogens is 400 g/mol. The average molecular weight is 422 g/mol. The fourth-order valence-corrected chi connectivity index (χ4v) is 3.39. The number of hydrazone groups is 1. The summed E-state index contributed by atoms with van der Waals surface area (Å²) in [4.78, 5) is 25.2. The van der Waals surface area contributed by atoms with Crippen LogP contribution in [0.2, 0.25) is 0 Å². The molecule has 32 heavy (non-hydrogen) atoms. The molecule has 0 aliphatic heterocycles. The number of nitrogens with one attached hydrogen (secondary N) is 1. The number of ether oxygens (including phenoxy) is 1. The highest BCUT2D eigenvalue weighted by Gasteiger charge is 2.14. The summed E-state index contributed by atoms with van der Waals surface area (Å²) in [5.41, 5.74) is 6.09. The molecule has 1 amide bonds. The van der Waals surface area contributed by atoms with Crippen LogP contribution in [-0.4, -0.2) is 18.1 Å². The van der Waals surface area contributed by atoms with Gasteiger partial charge in [-0.2, -0.15) is 5.10 Å². The van der Waals surface area contributed by atoms with E-state index in [0.717, 1.165) is 21.9 Å². The van der Waals surface area contributed by atoms with Gasteiger partial charge in [-0.25, -0.2) is 10.2 Å². The number of esters is 1. The van der Waals surface area contributed by atoms with Gasteiger partial charge in [0, 0.05) is 11.1 Å². The first-order chi connectivity index (χ1) is 15.5. The second-order valence-corrected chi connectivity index (χ2v) is 7.47. The van der Waals surface area contributed by atoms with Crippen LogP contribution in [0, 0.1) is 13.8 Å². The van der Waals surface area contributed by atoms with E-state index in [1.807, 2.05) is 68.4 Å². The third kappa shape index (κ3) is 4.57. The van der Waals surface area contributed by atoms with Crippen LogP contribution in [0.25, 0.3) is 10.8 Å². The van der Waals surface area contributed by atoms with Crippen molar-refractivity contribution < 1.29 is 14.3 Å². The lowest BCUT2D eigenvalue weighted by molar-refractivity contribution is 0.0734. The first-order valence-electron chi connectivity index (χ1n) is 10.2. The zero-order valence-electron chi connectivity index (χ0n) is 17.8. The molecule has 0 bridgehead atoms. The summed E-state index contributed by atoms with van der Waals surface area (Å²) in [6.07, 6.45) is 1.51. The number of nitrogens with zero attached hydrogens (tertiary/aromatic N) is 1. The average Bonchev–Trinajstić information content (AvgIpc) is 2.80. The summed E-state index contributed by atoms with van der Waals surface area (Å²) in [5, 5.41) is 5.97. The minimum Gasteiger partial charge on any atom is -0.422 e. The minimum absolute atomic E-state index is 0.308. The van der Waals surface area contributed by atoms with Gasteiger partial charge in [0.15, 0.2) is 0 Å². The van der Waals surface area contributed by atoms with E-state index >= 15 is 0 Å². The van der Waals surface area contributed by atoms with Gasteiger partial charge in [0.1, 0.15) is 5.75 Å². The van der Waals surface area contributed by atoms with Gasteiger partial charge in [-0.1, -0.05) is 66.2 Å². The van der Waals surface area contributed by atoms with Crippen LogP contribution in [0.5, 0.6) is 5.75 Å². The lowest BCUT2D eigenvalue weighted by Crippen LogP contribution is -2.18. The molecule has 4 aromatic carbocycles. The molecule has 0 aliphatic rings. The predicted octanol–water partition coefficient (Wildman–Crippen LogP) is 5.44. The molecule has 0 unspecified atom stereocenters. The van der Waals surface area contributed by atoms with E-state index in [1.54, 1.807) is 30.3 Å². The number of amides is 1. The van der Waals surface area contributed by atoms with Crippen LogP contribution in [0.3, 0.4) is 0 Å². The Bertz CT molecular complexity index is 1320. The lowest BCUT2D eigenvalue weighted by Gasteiger charge is -2.11. The Morgan fingerprint density at radius 1 is 0.844 bits per heavy atom. The maximum absolute atomic E-state index is 12.7. The number of rotatable bonds is 5. The van der Waals surface area contributed by atoms with E-state index in [1.165, 1.54) is 6.21 Å². The highest BCUT2D eigenvalue weighted by molar-refractivity contribution is 6.04. The molecule has 0 aromatic heterocycles. The Morgan fingerprint density at radius 3 is 2.34 bits per heavy atom. The molecule has 0 aliphatic carbocycles. The van der Waals surface area contributed by atoms with E-state index in [2.05, 4.69) is 10.5 Å². The smallest absolute Gasteiger partial charge is 0.343 e. The summed E-state index contributed by atoms with van der Waals surface area (Å²) in [6, 6.07) is 25.8. The second kappa shape index (κ2) is 9.27. The van der Waals surface area contributed by atoms with Crippen molar-refractivity contribution >= 4 is 28.9 Å². The first-order valence-corrected chi connectivity index (χ1v) is 10.2. The van der Waals surface area contributed by atoms with E-state index in [9.17, 15) is 9.59 Å². The second-order valence-electron chi connectivity index (χ2n) is 7.47. The molecule has 0 saturated carbocycles. The van der Waals surface area contributed by atoms with Gasteiger partial charge in [0.05, 0.1) is 11.8 Å². The third-order valence-electron chi connectivity index (χ3n) is 5.17. The summed E-state index contributed by atoms with van der Waals surface area (Å²) in [7, 11) is 0. The number of carbonyl (C=O) groups excluding carboxylic acids is 2. The van der Waals surface area contributed by atoms with Gasteiger partial charge >= 0.3 is 5.97 Å². The Hall–Kier alpha value is -4.25. The largest absolute Gasteiger partial charge is 0.422 e. The topological polar surface area (TPSA) is 67.8 Å². The fraction of sp³-hybridized carbons (Fsp3) is 0.0741. The van der Waals surface area contributed by atoms with Crippen molar-refractivity contribution in [3.05, 3.63) is 113 Å².